The lowest BCUT2D eigenvalue weighted by molar-refractivity contribution is 0.0570. The molecule has 0 spiro atoms. The van der Waals surface area contributed by atoms with Crippen molar-refractivity contribution in [2.75, 3.05) is 14.1 Å². The quantitative estimate of drug-likeness (QED) is 0.630. The number of carbonyl (C=O) groups is 2. The van der Waals surface area contributed by atoms with Crippen LogP contribution in [0.2, 0.25) is 0 Å². The second-order valence-electron chi connectivity index (χ2n) is 6.37. The Morgan fingerprint density at radius 2 is 1.76 bits per heavy atom. The van der Waals surface area contributed by atoms with Gasteiger partial charge in [0.05, 0.1) is 5.56 Å². The van der Waals surface area contributed by atoms with Crippen molar-refractivity contribution in [2.45, 2.75) is 26.4 Å². The summed E-state index contributed by atoms with van der Waals surface area (Å²) in [5.41, 5.74) is -1.36. The number of halogens is 1. The number of ether oxygens (including phenoxy) is 1. The molecule has 0 saturated heterocycles. The minimum absolute atomic E-state index is 0.426. The van der Waals surface area contributed by atoms with Crippen LogP contribution >= 0.6 is 0 Å². The molecule has 1 aromatic carbocycles. The lowest BCUT2D eigenvalue weighted by Gasteiger charge is -2.20. The molecule has 1 rings (SSSR count). The third-order valence-electron chi connectivity index (χ3n) is 2.62. The molecular weight excluding hydrogens is 351 g/mol. The van der Waals surface area contributed by atoms with Crippen molar-refractivity contribution in [3.8, 4) is 0 Å². The summed E-state index contributed by atoms with van der Waals surface area (Å²) in [5.74, 6) is -1.95. The number of carbonyl (C=O) groups excluding carboxylic acids is 2. The van der Waals surface area contributed by atoms with Crippen LogP contribution in [-0.4, -0.2) is 44.9 Å². The molecule has 1 amide bonds. The van der Waals surface area contributed by atoms with E-state index in [4.69, 9.17) is 4.74 Å². The van der Waals surface area contributed by atoms with Crippen molar-refractivity contribution in [3.05, 3.63) is 46.8 Å². The predicted molar refractivity (Wildman–Crippen MR) is 90.8 cm³/mol. The third-order valence-corrected chi connectivity index (χ3v) is 3.93. The van der Waals surface area contributed by atoms with Crippen LogP contribution in [0.4, 0.5) is 9.18 Å². The van der Waals surface area contributed by atoms with Crippen molar-refractivity contribution >= 4 is 21.9 Å². The second-order valence-corrected chi connectivity index (χ2v) is 8.02. The summed E-state index contributed by atoms with van der Waals surface area (Å²) in [6.07, 6.45) is -0.250. The molecule has 0 aliphatic carbocycles. The van der Waals surface area contributed by atoms with Crippen molar-refractivity contribution < 1.29 is 27.1 Å². The first-order valence-corrected chi connectivity index (χ1v) is 8.75. The van der Waals surface area contributed by atoms with Gasteiger partial charge in [0.25, 0.3) is 10.0 Å². The van der Waals surface area contributed by atoms with E-state index in [0.29, 0.717) is 0 Å². The standard InChI is InChI=1S/C16H21FN2O5S/c1-16(2,3)24-15(21)18-25(22,23)13(10-19(4)5)14(20)11-8-6-7-9-12(11)17/h6-10H,1-5H3,(H,18,21)/b13-10-. The zero-order chi connectivity index (χ0) is 19.4. The number of allylic oxidation sites excluding steroid dienone is 1. The number of hydrogen-bond acceptors (Lipinski definition) is 6. The summed E-state index contributed by atoms with van der Waals surface area (Å²) in [6.45, 7) is 4.67. The van der Waals surface area contributed by atoms with Gasteiger partial charge in [-0.05, 0) is 32.9 Å². The van der Waals surface area contributed by atoms with Crippen LogP contribution < -0.4 is 4.72 Å². The number of hydrogen-bond donors (Lipinski definition) is 1. The van der Waals surface area contributed by atoms with Gasteiger partial charge in [0.15, 0.2) is 4.91 Å². The maximum atomic E-state index is 13.8. The van der Waals surface area contributed by atoms with E-state index in [2.05, 4.69) is 0 Å². The summed E-state index contributed by atoms with van der Waals surface area (Å²) < 4.78 is 45.3. The Balaban J connectivity index is 3.25. The lowest BCUT2D eigenvalue weighted by atomic mass is 10.1. The number of ketones is 1. The molecule has 0 fully saturated rings. The number of Topliss-reactive ketones (excluding diaryl/α,β-unsaturated/α-hetero) is 1. The van der Waals surface area contributed by atoms with E-state index in [1.54, 1.807) is 25.5 Å². The first-order valence-electron chi connectivity index (χ1n) is 7.27. The van der Waals surface area contributed by atoms with E-state index in [9.17, 15) is 22.4 Å². The van der Waals surface area contributed by atoms with Crippen molar-refractivity contribution in [2.24, 2.45) is 0 Å². The highest BCUT2D eigenvalue weighted by atomic mass is 32.2. The van der Waals surface area contributed by atoms with Gasteiger partial charge in [-0.15, -0.1) is 0 Å². The molecule has 1 aromatic rings. The van der Waals surface area contributed by atoms with Gasteiger partial charge in [0, 0.05) is 20.3 Å². The van der Waals surface area contributed by atoms with Gasteiger partial charge in [0.1, 0.15) is 11.4 Å². The first-order chi connectivity index (χ1) is 11.3. The van der Waals surface area contributed by atoms with Gasteiger partial charge in [0.2, 0.25) is 5.78 Å². The summed E-state index contributed by atoms with van der Waals surface area (Å²) >= 11 is 0. The van der Waals surface area contributed by atoms with E-state index in [0.717, 1.165) is 18.3 Å². The molecule has 9 heteroatoms. The third kappa shape index (κ3) is 6.18. The molecule has 138 valence electrons. The van der Waals surface area contributed by atoms with Crippen LogP contribution in [0.25, 0.3) is 0 Å². The fourth-order valence-electron chi connectivity index (χ4n) is 1.73. The molecule has 0 radical (unpaired) electrons. The second kappa shape index (κ2) is 7.64. The molecule has 0 aliphatic heterocycles. The molecule has 7 nitrogen and oxygen atoms in total. The van der Waals surface area contributed by atoms with Gasteiger partial charge in [-0.3, -0.25) is 4.79 Å². The molecule has 0 bridgehead atoms. The fraction of sp³-hybridized carbons (Fsp3) is 0.375. The van der Waals surface area contributed by atoms with Crippen molar-refractivity contribution in [1.82, 2.24) is 9.62 Å². The summed E-state index contributed by atoms with van der Waals surface area (Å²) in [5, 5.41) is 0. The topological polar surface area (TPSA) is 92.8 Å². The lowest BCUT2D eigenvalue weighted by Crippen LogP contribution is -2.38. The number of nitrogens with zero attached hydrogens (tertiary/aromatic N) is 1. The highest BCUT2D eigenvalue weighted by Crippen LogP contribution is 2.17. The minimum atomic E-state index is -4.57. The average molecular weight is 372 g/mol. The highest BCUT2D eigenvalue weighted by molar-refractivity contribution is 7.94. The number of benzene rings is 1. The van der Waals surface area contributed by atoms with E-state index < -0.39 is 43.8 Å². The van der Waals surface area contributed by atoms with Crippen LogP contribution in [0.1, 0.15) is 31.1 Å². The zero-order valence-electron chi connectivity index (χ0n) is 14.7. The molecule has 0 unspecified atom stereocenters. The van der Waals surface area contributed by atoms with Crippen molar-refractivity contribution in [1.29, 1.82) is 0 Å². The minimum Gasteiger partial charge on any atom is -0.443 e. The molecule has 0 aromatic heterocycles. The van der Waals surface area contributed by atoms with Gasteiger partial charge >= 0.3 is 6.09 Å². The van der Waals surface area contributed by atoms with Crippen LogP contribution in [0.15, 0.2) is 35.4 Å². The smallest absolute Gasteiger partial charge is 0.421 e. The number of amides is 1. The van der Waals surface area contributed by atoms with Crippen LogP contribution in [0.5, 0.6) is 0 Å². The Labute approximate surface area is 146 Å². The van der Waals surface area contributed by atoms with Crippen LogP contribution in [-0.2, 0) is 14.8 Å². The molecular formula is C16H21FN2O5S. The molecule has 25 heavy (non-hydrogen) atoms. The summed E-state index contributed by atoms with van der Waals surface area (Å²) in [7, 11) is -1.61. The van der Waals surface area contributed by atoms with Crippen molar-refractivity contribution in [3.63, 3.8) is 0 Å². The summed E-state index contributed by atoms with van der Waals surface area (Å²) in [4.78, 5) is 24.8. The van der Waals surface area contributed by atoms with E-state index in [1.807, 2.05) is 0 Å². The summed E-state index contributed by atoms with van der Waals surface area (Å²) in [6, 6.07) is 4.96. The molecule has 0 saturated carbocycles. The Kier molecular flexibility index (Phi) is 6.31. The maximum Gasteiger partial charge on any atom is 0.421 e. The molecule has 0 atom stereocenters. The zero-order valence-corrected chi connectivity index (χ0v) is 15.5. The van der Waals surface area contributed by atoms with Gasteiger partial charge in [-0.2, -0.15) is 0 Å². The average Bonchev–Trinajstić information content (AvgIpc) is 2.41. The van der Waals surface area contributed by atoms with Crippen LogP contribution in [0, 0.1) is 5.82 Å². The Morgan fingerprint density at radius 1 is 1.20 bits per heavy atom. The highest BCUT2D eigenvalue weighted by Gasteiger charge is 2.31. The Bertz CT molecular complexity index is 795. The molecule has 0 heterocycles. The monoisotopic (exact) mass is 372 g/mol. The van der Waals surface area contributed by atoms with Gasteiger partial charge < -0.3 is 9.64 Å². The van der Waals surface area contributed by atoms with Gasteiger partial charge in [-0.1, -0.05) is 12.1 Å². The van der Waals surface area contributed by atoms with E-state index in [-0.39, 0.29) is 0 Å². The normalized spacial score (nSPS) is 12.5. The van der Waals surface area contributed by atoms with Crippen LogP contribution in [0.3, 0.4) is 0 Å². The number of rotatable bonds is 5. The maximum absolute atomic E-state index is 13.8. The van der Waals surface area contributed by atoms with E-state index >= 15 is 0 Å². The fourth-order valence-corrected chi connectivity index (χ4v) is 2.80. The largest absolute Gasteiger partial charge is 0.443 e. The Hall–Kier alpha value is -2.42. The Morgan fingerprint density at radius 3 is 2.24 bits per heavy atom. The first kappa shape index (κ1) is 20.6. The van der Waals surface area contributed by atoms with Gasteiger partial charge in [-0.25, -0.2) is 22.3 Å². The number of sulfonamides is 1. The molecule has 1 N–H and O–H groups in total. The predicted octanol–water partition coefficient (Wildman–Crippen LogP) is 2.27. The van der Waals surface area contributed by atoms with E-state index in [1.165, 1.54) is 31.1 Å². The SMILES string of the molecule is CN(C)/C=C(/C(=O)c1ccccc1F)S(=O)(=O)NC(=O)OC(C)(C)C. The number of nitrogens with one attached hydrogen (secondary N) is 1. The molecule has 0 aliphatic rings.